The molecule has 2 aliphatic heterocycles. The predicted octanol–water partition coefficient (Wildman–Crippen LogP) is 3.95. The molecule has 0 aromatic heterocycles. The Morgan fingerprint density at radius 2 is 1.83 bits per heavy atom. The normalized spacial score (nSPS) is 23.3. The van der Waals surface area contributed by atoms with Crippen LogP contribution in [0.5, 0.6) is 0 Å². The molecule has 1 N–H and O–H groups in total. The zero-order chi connectivity index (χ0) is 16.7. The highest BCUT2D eigenvalue weighted by atomic mass is 35.5. The number of hydrogen-bond donors (Lipinski definition) is 1. The molecule has 1 saturated heterocycles. The minimum Gasteiger partial charge on any atom is -0.352 e. The van der Waals surface area contributed by atoms with E-state index in [0.29, 0.717) is 21.9 Å². The smallest absolute Gasteiger partial charge is 0.251 e. The number of likely N-dealkylation sites (tertiary alicyclic amines) is 1. The number of rotatable bonds is 2. The van der Waals surface area contributed by atoms with Crippen LogP contribution in [0.3, 0.4) is 0 Å². The van der Waals surface area contributed by atoms with Gasteiger partial charge in [-0.2, -0.15) is 0 Å². The number of benzene rings is 2. The summed E-state index contributed by atoms with van der Waals surface area (Å²) >= 11 is 12.2. The summed E-state index contributed by atoms with van der Waals surface area (Å²) in [6.07, 6.45) is 0. The lowest BCUT2D eigenvalue weighted by Crippen LogP contribution is -2.29. The summed E-state index contributed by atoms with van der Waals surface area (Å²) in [5.41, 5.74) is 3.11. The van der Waals surface area contributed by atoms with Crippen molar-refractivity contribution in [2.45, 2.75) is 12.5 Å². The van der Waals surface area contributed by atoms with Crippen LogP contribution in [0.1, 0.15) is 27.4 Å². The Kier molecular flexibility index (Phi) is 4.25. The van der Waals surface area contributed by atoms with E-state index < -0.39 is 0 Å². The zero-order valence-corrected chi connectivity index (χ0v) is 14.6. The van der Waals surface area contributed by atoms with E-state index in [1.54, 1.807) is 6.07 Å². The summed E-state index contributed by atoms with van der Waals surface area (Å²) in [7, 11) is 0. The molecule has 2 heterocycles. The van der Waals surface area contributed by atoms with Gasteiger partial charge in [0, 0.05) is 47.7 Å². The van der Waals surface area contributed by atoms with Gasteiger partial charge in [0.15, 0.2) is 0 Å². The highest BCUT2D eigenvalue weighted by Gasteiger charge is 2.37. The first kappa shape index (κ1) is 15.9. The van der Waals surface area contributed by atoms with Gasteiger partial charge in [0.05, 0.1) is 0 Å². The number of nitrogens with zero attached hydrogens (tertiary/aromatic N) is 1. The van der Waals surface area contributed by atoms with Crippen LogP contribution in [0.25, 0.3) is 0 Å². The molecule has 3 nitrogen and oxygen atoms in total. The summed E-state index contributed by atoms with van der Waals surface area (Å²) in [4.78, 5) is 14.7. The third-order valence-corrected chi connectivity index (χ3v) is 5.41. The van der Waals surface area contributed by atoms with Crippen LogP contribution in [0.2, 0.25) is 10.0 Å². The second kappa shape index (κ2) is 6.40. The summed E-state index contributed by atoms with van der Waals surface area (Å²) in [5.74, 6) is 0.871. The number of hydrogen-bond acceptors (Lipinski definition) is 2. The molecule has 0 spiro atoms. The van der Waals surface area contributed by atoms with Crippen LogP contribution in [-0.4, -0.2) is 30.4 Å². The van der Waals surface area contributed by atoms with E-state index in [4.69, 9.17) is 23.2 Å². The monoisotopic (exact) mass is 360 g/mol. The molecule has 1 amide bonds. The summed E-state index contributed by atoms with van der Waals surface area (Å²) in [6, 6.07) is 13.7. The van der Waals surface area contributed by atoms with Gasteiger partial charge in [-0.15, -0.1) is 0 Å². The number of nitrogens with one attached hydrogen (secondary N) is 1. The van der Waals surface area contributed by atoms with E-state index in [1.807, 2.05) is 30.3 Å². The van der Waals surface area contributed by atoms with Gasteiger partial charge >= 0.3 is 0 Å². The highest BCUT2D eigenvalue weighted by molar-refractivity contribution is 6.34. The zero-order valence-electron chi connectivity index (χ0n) is 13.1. The molecule has 1 fully saturated rings. The molecule has 4 rings (SSSR count). The fourth-order valence-corrected chi connectivity index (χ4v) is 4.53. The summed E-state index contributed by atoms with van der Waals surface area (Å²) in [6.45, 7) is 3.46. The number of carbonyl (C=O) groups is 1. The van der Waals surface area contributed by atoms with Gasteiger partial charge in [-0.1, -0.05) is 41.4 Å². The Bertz CT molecular complexity index is 772. The molecule has 5 heteroatoms. The van der Waals surface area contributed by atoms with Crippen molar-refractivity contribution in [1.29, 1.82) is 0 Å². The summed E-state index contributed by atoms with van der Waals surface area (Å²) < 4.78 is 0. The largest absolute Gasteiger partial charge is 0.352 e. The van der Waals surface area contributed by atoms with E-state index in [2.05, 4.69) is 16.3 Å². The highest BCUT2D eigenvalue weighted by Crippen LogP contribution is 2.36. The van der Waals surface area contributed by atoms with Crippen LogP contribution in [-0.2, 0) is 6.54 Å². The van der Waals surface area contributed by atoms with Crippen LogP contribution < -0.4 is 5.32 Å². The molecule has 2 aliphatic rings. The molecule has 2 aromatic carbocycles. The number of halogens is 2. The first-order chi connectivity index (χ1) is 11.6. The third-order valence-electron chi connectivity index (χ3n) is 4.97. The first-order valence-electron chi connectivity index (χ1n) is 8.14. The van der Waals surface area contributed by atoms with Gasteiger partial charge in [-0.05, 0) is 41.3 Å². The molecule has 0 radical (unpaired) electrons. The van der Waals surface area contributed by atoms with Gasteiger partial charge in [-0.3, -0.25) is 9.69 Å². The van der Waals surface area contributed by atoms with E-state index >= 15 is 0 Å². The first-order valence-corrected chi connectivity index (χ1v) is 8.90. The Labute approximate surface area is 151 Å². The Hall–Kier alpha value is -1.55. The Morgan fingerprint density at radius 1 is 1.08 bits per heavy atom. The predicted molar refractivity (Wildman–Crippen MR) is 96.7 cm³/mol. The Morgan fingerprint density at radius 3 is 2.62 bits per heavy atom. The van der Waals surface area contributed by atoms with Crippen molar-refractivity contribution in [2.75, 3.05) is 19.6 Å². The van der Waals surface area contributed by atoms with Crippen LogP contribution >= 0.6 is 23.2 Å². The molecular weight excluding hydrogens is 343 g/mol. The van der Waals surface area contributed by atoms with Gasteiger partial charge in [-0.25, -0.2) is 0 Å². The molecule has 0 bridgehead atoms. The maximum Gasteiger partial charge on any atom is 0.251 e. The van der Waals surface area contributed by atoms with E-state index in [-0.39, 0.29) is 5.91 Å². The van der Waals surface area contributed by atoms with Crippen molar-refractivity contribution in [3.05, 3.63) is 69.2 Å². The van der Waals surface area contributed by atoms with E-state index in [1.165, 1.54) is 5.56 Å². The molecule has 2 atom stereocenters. The molecular formula is C19H18Cl2N2O. The van der Waals surface area contributed by atoms with Crippen LogP contribution in [0, 0.1) is 5.92 Å². The van der Waals surface area contributed by atoms with Gasteiger partial charge in [0.25, 0.3) is 5.91 Å². The molecule has 0 saturated carbocycles. The minimum absolute atomic E-state index is 0.0492. The van der Waals surface area contributed by atoms with Gasteiger partial charge in [0.2, 0.25) is 0 Å². The lowest BCUT2D eigenvalue weighted by Gasteiger charge is -2.17. The second-order valence-corrected chi connectivity index (χ2v) is 7.51. The fourth-order valence-electron chi connectivity index (χ4n) is 3.96. The topological polar surface area (TPSA) is 32.3 Å². The quantitative estimate of drug-likeness (QED) is 0.879. The van der Waals surface area contributed by atoms with Gasteiger partial charge in [0.1, 0.15) is 0 Å². The fraction of sp³-hybridized carbons (Fsp3) is 0.316. The molecule has 24 heavy (non-hydrogen) atoms. The number of carbonyl (C=O) groups excluding carboxylic acids is 1. The van der Waals surface area contributed by atoms with E-state index in [0.717, 1.165) is 37.3 Å². The van der Waals surface area contributed by atoms with Crippen molar-refractivity contribution in [3.8, 4) is 0 Å². The lowest BCUT2D eigenvalue weighted by molar-refractivity contribution is 0.0951. The van der Waals surface area contributed by atoms with Crippen LogP contribution in [0.15, 0.2) is 42.5 Å². The standard InChI is InChI=1S/C19H18Cl2N2O/c20-14-5-12(6-15(21)7-14)9-23-10-13-8-22-19(24)17-4-2-1-3-16(17)18(13)11-23/h1-7,13,18H,8-11H2,(H,22,24)/t13-,18+/m0/s1. The SMILES string of the molecule is O=C1NC[C@H]2CN(Cc3cc(Cl)cc(Cl)c3)C[C@H]2c2ccccc21. The van der Waals surface area contributed by atoms with Crippen LogP contribution in [0.4, 0.5) is 0 Å². The van der Waals surface area contributed by atoms with Crippen molar-refractivity contribution in [3.63, 3.8) is 0 Å². The van der Waals surface area contributed by atoms with Crippen molar-refractivity contribution in [1.82, 2.24) is 10.2 Å². The molecule has 124 valence electrons. The van der Waals surface area contributed by atoms with Gasteiger partial charge < -0.3 is 5.32 Å². The third kappa shape index (κ3) is 3.04. The Balaban J connectivity index is 1.58. The van der Waals surface area contributed by atoms with E-state index in [9.17, 15) is 4.79 Å². The molecule has 0 unspecified atom stereocenters. The average Bonchev–Trinajstić information content (AvgIpc) is 2.89. The second-order valence-electron chi connectivity index (χ2n) is 6.64. The maximum atomic E-state index is 12.2. The summed E-state index contributed by atoms with van der Waals surface area (Å²) in [5, 5.41) is 4.41. The van der Waals surface area contributed by atoms with Crippen molar-refractivity contribution < 1.29 is 4.79 Å². The lowest BCUT2D eigenvalue weighted by atomic mass is 9.87. The average molecular weight is 361 g/mol. The van der Waals surface area contributed by atoms with Crippen molar-refractivity contribution in [2.24, 2.45) is 5.92 Å². The van der Waals surface area contributed by atoms with Crippen molar-refractivity contribution >= 4 is 29.1 Å². The molecule has 2 aromatic rings. The minimum atomic E-state index is 0.0492. The molecule has 0 aliphatic carbocycles. The number of fused-ring (bicyclic) bond motifs is 3. The maximum absolute atomic E-state index is 12.2. The number of amides is 1.